The van der Waals surface area contributed by atoms with Crippen LogP contribution in [0.4, 0.5) is 43.7 Å². The maximum atomic E-state index is 14.2. The average Bonchev–Trinajstić information content (AvgIpc) is 3.36. The highest BCUT2D eigenvalue weighted by Crippen LogP contribution is 2.37. The van der Waals surface area contributed by atoms with Crippen LogP contribution in [-0.4, -0.2) is 25.5 Å². The minimum Gasteiger partial charge on any atom is -0.324 e. The first-order valence-corrected chi connectivity index (χ1v) is 12.9. The smallest absolute Gasteiger partial charge is 0.324 e. The highest BCUT2D eigenvalue weighted by atomic mass is 19.4. The Morgan fingerprint density at radius 1 is 0.818 bits per heavy atom. The zero-order valence-corrected chi connectivity index (χ0v) is 22.2. The van der Waals surface area contributed by atoms with E-state index in [0.717, 1.165) is 35.0 Å². The van der Waals surface area contributed by atoms with Crippen molar-refractivity contribution in [1.82, 2.24) is 19.6 Å². The van der Waals surface area contributed by atoms with Crippen LogP contribution in [-0.2, 0) is 6.18 Å². The molecular weight excluding hydrogens is 586 g/mol. The first-order valence-electron chi connectivity index (χ1n) is 12.9. The minimum atomic E-state index is -4.64. The number of rotatable bonds is 6. The molecule has 0 aliphatic heterocycles. The van der Waals surface area contributed by atoms with Crippen LogP contribution >= 0.6 is 0 Å². The Bertz CT molecular complexity index is 2020. The molecule has 0 atom stereocenters. The topological polar surface area (TPSA) is 84.2 Å². The van der Waals surface area contributed by atoms with Gasteiger partial charge in [-0.15, -0.1) is 0 Å². The third kappa shape index (κ3) is 5.67. The number of fused-ring (bicyclic) bond motifs is 1. The van der Waals surface area contributed by atoms with E-state index in [9.17, 15) is 31.1 Å². The highest BCUT2D eigenvalue weighted by molar-refractivity contribution is 6.05. The summed E-state index contributed by atoms with van der Waals surface area (Å²) in [5.41, 5.74) is 0.206. The van der Waals surface area contributed by atoms with Crippen molar-refractivity contribution in [3.05, 3.63) is 126 Å². The van der Waals surface area contributed by atoms with Gasteiger partial charge in [0, 0.05) is 29.3 Å². The normalized spacial score (nSPS) is 11.5. The number of hydrogen-bond donors (Lipinski definition) is 2. The SMILES string of the molecule is O=C(Nc1cccc(-c2nn3cc(C(F)(F)F)ccc3c2-c2ccnc(Nc3cccc(F)c3)n2)c1)c1c(F)cccc1F. The summed E-state index contributed by atoms with van der Waals surface area (Å²) >= 11 is 0. The summed E-state index contributed by atoms with van der Waals surface area (Å²) in [5, 5.41) is 9.76. The van der Waals surface area contributed by atoms with Gasteiger partial charge < -0.3 is 10.6 Å². The van der Waals surface area contributed by atoms with E-state index < -0.39 is 40.7 Å². The van der Waals surface area contributed by atoms with Gasteiger partial charge in [-0.2, -0.15) is 18.3 Å². The molecule has 6 rings (SSSR count). The molecule has 2 N–H and O–H groups in total. The maximum absolute atomic E-state index is 14.2. The number of aromatic nitrogens is 4. The molecule has 0 aliphatic rings. The van der Waals surface area contributed by atoms with Gasteiger partial charge in [-0.3, -0.25) is 4.79 Å². The van der Waals surface area contributed by atoms with E-state index in [1.807, 2.05) is 0 Å². The Kier molecular flexibility index (Phi) is 7.21. The number of amides is 1. The molecule has 0 saturated carbocycles. The van der Waals surface area contributed by atoms with Gasteiger partial charge in [0.25, 0.3) is 5.91 Å². The van der Waals surface area contributed by atoms with E-state index in [-0.39, 0.29) is 28.5 Å². The standard InChI is InChI=1S/C31H18F6N6O/c32-19-5-2-7-21(15-19)40-30-38-13-12-24(41-30)27-25-11-10-18(31(35,36)37)16-43(25)42-28(27)17-4-1-6-20(14-17)39-29(44)26-22(33)8-3-9-23(26)34/h1-16H,(H,39,44)(H,38,40,41). The van der Waals surface area contributed by atoms with Crippen molar-refractivity contribution in [2.75, 3.05) is 10.6 Å². The molecule has 0 unspecified atom stereocenters. The van der Waals surface area contributed by atoms with E-state index in [0.29, 0.717) is 16.8 Å². The Labute approximate surface area is 244 Å². The van der Waals surface area contributed by atoms with Gasteiger partial charge in [-0.25, -0.2) is 27.7 Å². The molecule has 7 nitrogen and oxygen atoms in total. The molecule has 220 valence electrons. The third-order valence-electron chi connectivity index (χ3n) is 6.53. The minimum absolute atomic E-state index is 0.0817. The van der Waals surface area contributed by atoms with Crippen LogP contribution in [0, 0.1) is 17.5 Å². The molecule has 44 heavy (non-hydrogen) atoms. The van der Waals surface area contributed by atoms with Gasteiger partial charge >= 0.3 is 6.18 Å². The third-order valence-corrected chi connectivity index (χ3v) is 6.53. The predicted octanol–water partition coefficient (Wildman–Crippen LogP) is 7.89. The van der Waals surface area contributed by atoms with Crippen molar-refractivity contribution < 1.29 is 31.1 Å². The van der Waals surface area contributed by atoms with Gasteiger partial charge in [0.2, 0.25) is 5.95 Å². The fraction of sp³-hybridized carbons (Fsp3) is 0.0323. The number of nitrogens with zero attached hydrogens (tertiary/aromatic N) is 4. The lowest BCUT2D eigenvalue weighted by molar-refractivity contribution is -0.137. The molecule has 13 heteroatoms. The van der Waals surface area contributed by atoms with E-state index in [2.05, 4.69) is 25.7 Å². The first kappa shape index (κ1) is 28.4. The highest BCUT2D eigenvalue weighted by Gasteiger charge is 2.32. The van der Waals surface area contributed by atoms with Crippen LogP contribution in [0.2, 0.25) is 0 Å². The molecule has 3 heterocycles. The Hall–Kier alpha value is -5.72. The van der Waals surface area contributed by atoms with Crippen molar-refractivity contribution in [2.24, 2.45) is 0 Å². The second kappa shape index (κ2) is 11.2. The summed E-state index contributed by atoms with van der Waals surface area (Å²) in [5.74, 6) is -3.53. The second-order valence-electron chi connectivity index (χ2n) is 9.50. The molecule has 0 fully saturated rings. The number of halogens is 6. The largest absolute Gasteiger partial charge is 0.417 e. The number of pyridine rings is 1. The lowest BCUT2D eigenvalue weighted by atomic mass is 10.0. The van der Waals surface area contributed by atoms with Gasteiger partial charge in [0.05, 0.1) is 22.3 Å². The summed E-state index contributed by atoms with van der Waals surface area (Å²) in [4.78, 5) is 21.4. The van der Waals surface area contributed by atoms with E-state index in [4.69, 9.17) is 0 Å². The second-order valence-corrected chi connectivity index (χ2v) is 9.50. The molecule has 3 aromatic heterocycles. The first-order chi connectivity index (χ1) is 21.1. The van der Waals surface area contributed by atoms with Crippen molar-refractivity contribution in [3.63, 3.8) is 0 Å². The zero-order chi connectivity index (χ0) is 31.0. The summed E-state index contributed by atoms with van der Waals surface area (Å²) in [7, 11) is 0. The molecule has 3 aromatic carbocycles. The van der Waals surface area contributed by atoms with Crippen molar-refractivity contribution >= 4 is 28.7 Å². The van der Waals surface area contributed by atoms with E-state index in [1.165, 1.54) is 54.7 Å². The Balaban J connectivity index is 1.45. The lowest BCUT2D eigenvalue weighted by Gasteiger charge is -2.10. The van der Waals surface area contributed by atoms with Crippen LogP contribution in [0.15, 0.2) is 97.3 Å². The van der Waals surface area contributed by atoms with Crippen LogP contribution in [0.5, 0.6) is 0 Å². The Morgan fingerprint density at radius 3 is 2.30 bits per heavy atom. The number of anilines is 3. The van der Waals surface area contributed by atoms with Gasteiger partial charge in [0.15, 0.2) is 0 Å². The predicted molar refractivity (Wildman–Crippen MR) is 151 cm³/mol. The average molecular weight is 605 g/mol. The van der Waals surface area contributed by atoms with Crippen LogP contribution < -0.4 is 10.6 Å². The molecule has 1 amide bonds. The van der Waals surface area contributed by atoms with Crippen LogP contribution in [0.1, 0.15) is 15.9 Å². The fourth-order valence-corrected chi connectivity index (χ4v) is 4.58. The summed E-state index contributed by atoms with van der Waals surface area (Å²) in [6, 6.07) is 18.4. The quantitative estimate of drug-likeness (QED) is 0.189. The molecule has 6 aromatic rings. The number of nitrogens with one attached hydrogen (secondary N) is 2. The van der Waals surface area contributed by atoms with Crippen molar-refractivity contribution in [1.29, 1.82) is 0 Å². The fourth-order valence-electron chi connectivity index (χ4n) is 4.58. The van der Waals surface area contributed by atoms with Gasteiger partial charge in [0.1, 0.15) is 28.7 Å². The van der Waals surface area contributed by atoms with Crippen molar-refractivity contribution in [2.45, 2.75) is 6.18 Å². The summed E-state index contributed by atoms with van der Waals surface area (Å²) in [6.07, 6.45) is -2.38. The van der Waals surface area contributed by atoms with Crippen molar-refractivity contribution in [3.8, 4) is 22.5 Å². The van der Waals surface area contributed by atoms with E-state index >= 15 is 0 Å². The number of hydrogen-bond acceptors (Lipinski definition) is 5. The van der Waals surface area contributed by atoms with E-state index in [1.54, 1.807) is 12.1 Å². The van der Waals surface area contributed by atoms with Crippen LogP contribution in [0.25, 0.3) is 28.0 Å². The van der Waals surface area contributed by atoms with Gasteiger partial charge in [-0.1, -0.05) is 24.3 Å². The zero-order valence-electron chi connectivity index (χ0n) is 22.2. The molecule has 0 aliphatic carbocycles. The molecule has 0 spiro atoms. The number of carbonyl (C=O) groups excluding carboxylic acids is 1. The number of alkyl halides is 3. The van der Waals surface area contributed by atoms with Crippen LogP contribution in [0.3, 0.4) is 0 Å². The molecule has 0 bridgehead atoms. The maximum Gasteiger partial charge on any atom is 0.417 e. The summed E-state index contributed by atoms with van der Waals surface area (Å²) < 4.78 is 83.8. The summed E-state index contributed by atoms with van der Waals surface area (Å²) in [6.45, 7) is 0. The number of benzene rings is 3. The Morgan fingerprint density at radius 2 is 1.55 bits per heavy atom. The lowest BCUT2D eigenvalue weighted by Crippen LogP contribution is -2.15. The van der Waals surface area contributed by atoms with Gasteiger partial charge in [-0.05, 0) is 60.7 Å². The number of carbonyl (C=O) groups is 1. The molecule has 0 radical (unpaired) electrons. The monoisotopic (exact) mass is 604 g/mol. The molecular formula is C31H18F6N6O. The molecule has 0 saturated heterocycles.